The number of pyridine rings is 2. The van der Waals surface area contributed by atoms with Crippen molar-refractivity contribution in [2.24, 2.45) is 0 Å². The van der Waals surface area contributed by atoms with Crippen molar-refractivity contribution in [2.75, 3.05) is 0 Å². The fourth-order valence-corrected chi connectivity index (χ4v) is 3.07. The van der Waals surface area contributed by atoms with E-state index in [4.69, 9.17) is 0 Å². The molecule has 0 fully saturated rings. The topological polar surface area (TPSA) is 65.0 Å². The number of benzene rings is 2. The third-order valence-corrected chi connectivity index (χ3v) is 4.72. The molecule has 0 N–H and O–H groups in total. The van der Waals surface area contributed by atoms with E-state index in [0.717, 1.165) is 17.4 Å². The molecule has 4 rings (SSSR count). The molecule has 2 heterocycles. The summed E-state index contributed by atoms with van der Waals surface area (Å²) in [7, 11) is -4.34. The molecule has 5 nitrogen and oxygen atoms in total. The molecule has 144 valence electrons. The van der Waals surface area contributed by atoms with Crippen molar-refractivity contribution in [1.29, 1.82) is 0 Å². The van der Waals surface area contributed by atoms with Gasteiger partial charge < -0.3 is 4.55 Å². The van der Waals surface area contributed by atoms with Crippen LogP contribution in [0.15, 0.2) is 109 Å². The summed E-state index contributed by atoms with van der Waals surface area (Å²) in [6, 6.07) is 23.8. The van der Waals surface area contributed by atoms with Gasteiger partial charge in [-0.25, -0.2) is 8.42 Å². The highest BCUT2D eigenvalue weighted by molar-refractivity contribution is 7.85. The Bertz CT molecular complexity index is 1080. The van der Waals surface area contributed by atoms with Crippen LogP contribution in [0.5, 0.6) is 0 Å². The fraction of sp³-hybridized carbons (Fsp3) is 0.0909. The van der Waals surface area contributed by atoms with Crippen LogP contribution >= 0.6 is 0 Å². The molecule has 0 aliphatic rings. The smallest absolute Gasteiger partial charge is 0.343 e. The maximum absolute atomic E-state index is 10.7. The van der Waals surface area contributed by atoms with Crippen molar-refractivity contribution < 1.29 is 22.1 Å². The predicted molar refractivity (Wildman–Crippen MR) is 107 cm³/mol. The van der Waals surface area contributed by atoms with Crippen LogP contribution in [0.1, 0.15) is 7.43 Å². The first-order chi connectivity index (χ1) is 13.0. The normalized spacial score (nSPS) is 10.5. The van der Waals surface area contributed by atoms with Gasteiger partial charge in [0.1, 0.15) is 10.1 Å². The Kier molecular flexibility index (Phi) is 7.37. The second-order valence-electron chi connectivity index (χ2n) is 5.88. The van der Waals surface area contributed by atoms with Gasteiger partial charge in [0.15, 0.2) is 24.8 Å². The van der Waals surface area contributed by atoms with Gasteiger partial charge in [-0.05, 0) is 22.9 Å². The minimum atomic E-state index is -4.34. The van der Waals surface area contributed by atoms with Crippen molar-refractivity contribution in [3.05, 3.63) is 104 Å². The van der Waals surface area contributed by atoms with Crippen LogP contribution < -0.4 is 9.13 Å². The lowest BCUT2D eigenvalue weighted by molar-refractivity contribution is -0.913. The molecule has 2 aromatic carbocycles. The fourth-order valence-electron chi connectivity index (χ4n) is 2.57. The van der Waals surface area contributed by atoms with Gasteiger partial charge in [0.2, 0.25) is 0 Å². The minimum Gasteiger partial charge on any atom is -0.744 e. The highest BCUT2D eigenvalue weighted by atomic mass is 32.2. The van der Waals surface area contributed by atoms with Gasteiger partial charge in [-0.2, -0.15) is 0 Å². The Morgan fingerprint density at radius 1 is 0.679 bits per heavy atom. The molecule has 0 aliphatic carbocycles. The maximum Gasteiger partial charge on any atom is 0.343 e. The van der Waals surface area contributed by atoms with E-state index >= 15 is 0 Å². The monoisotopic (exact) mass is 395 g/mol. The van der Waals surface area contributed by atoms with Crippen LogP contribution in [0, 0.1) is 0 Å². The standard InChI is InChI=1S/C11H12N2.C10H8O3S.CH4/c1-3-7-12(8-4-1)11-13-9-5-2-6-10-13;11-14(12,13)10-6-5-8-3-1-2-4-9(8)7-10;/h1-10H,11H2;1-7H,(H,11,12,13);1H4/q+2;;/p-1. The summed E-state index contributed by atoms with van der Waals surface area (Å²) >= 11 is 0. The van der Waals surface area contributed by atoms with Crippen LogP contribution in [0.2, 0.25) is 0 Å². The summed E-state index contributed by atoms with van der Waals surface area (Å²) in [4.78, 5) is -0.184. The van der Waals surface area contributed by atoms with Crippen LogP contribution in [-0.2, 0) is 16.8 Å². The molecule has 0 aliphatic heterocycles. The number of hydrogen-bond acceptors (Lipinski definition) is 3. The average molecular weight is 396 g/mol. The van der Waals surface area contributed by atoms with Gasteiger partial charge in [-0.3, -0.25) is 0 Å². The van der Waals surface area contributed by atoms with Crippen molar-refractivity contribution >= 4 is 20.9 Å². The zero-order valence-corrected chi connectivity index (χ0v) is 15.4. The van der Waals surface area contributed by atoms with Crippen LogP contribution in [0.4, 0.5) is 0 Å². The summed E-state index contributed by atoms with van der Waals surface area (Å²) < 4.78 is 36.4. The summed E-state index contributed by atoms with van der Waals surface area (Å²) in [6.07, 6.45) is 8.22. The second kappa shape index (κ2) is 9.73. The molecular weight excluding hydrogens is 372 g/mol. The van der Waals surface area contributed by atoms with E-state index < -0.39 is 10.1 Å². The van der Waals surface area contributed by atoms with Crippen molar-refractivity contribution in [3.63, 3.8) is 0 Å². The van der Waals surface area contributed by atoms with Gasteiger partial charge >= 0.3 is 6.67 Å². The van der Waals surface area contributed by atoms with E-state index in [-0.39, 0.29) is 12.3 Å². The van der Waals surface area contributed by atoms with Crippen molar-refractivity contribution in [1.82, 2.24) is 0 Å². The Labute approximate surface area is 165 Å². The van der Waals surface area contributed by atoms with E-state index in [1.807, 2.05) is 48.5 Å². The number of rotatable bonds is 3. The van der Waals surface area contributed by atoms with E-state index in [1.165, 1.54) is 12.1 Å². The van der Waals surface area contributed by atoms with E-state index in [0.29, 0.717) is 0 Å². The Balaban J connectivity index is 0.000000194. The molecule has 2 aromatic heterocycles. The quantitative estimate of drug-likeness (QED) is 0.395. The lowest BCUT2D eigenvalue weighted by Crippen LogP contribution is -2.50. The zero-order valence-electron chi connectivity index (χ0n) is 14.5. The van der Waals surface area contributed by atoms with Crippen LogP contribution in [0.25, 0.3) is 10.8 Å². The van der Waals surface area contributed by atoms with Gasteiger partial charge in [-0.15, -0.1) is 9.13 Å². The third-order valence-electron chi connectivity index (χ3n) is 3.89. The molecule has 4 aromatic rings. The molecule has 0 atom stereocenters. The lowest BCUT2D eigenvalue weighted by atomic mass is 10.1. The molecular formula is C22H23N2O3S+. The summed E-state index contributed by atoms with van der Waals surface area (Å²) in [5.41, 5.74) is 0. The van der Waals surface area contributed by atoms with E-state index in [1.54, 1.807) is 18.2 Å². The molecule has 0 amide bonds. The average Bonchev–Trinajstić information content (AvgIpc) is 2.69. The second-order valence-corrected chi connectivity index (χ2v) is 7.26. The first-order valence-corrected chi connectivity index (χ1v) is 9.76. The Morgan fingerprint density at radius 2 is 1.18 bits per heavy atom. The summed E-state index contributed by atoms with van der Waals surface area (Å²) in [5.74, 6) is 0. The van der Waals surface area contributed by atoms with Crippen LogP contribution in [0.3, 0.4) is 0 Å². The molecule has 0 spiro atoms. The summed E-state index contributed by atoms with van der Waals surface area (Å²) in [6.45, 7) is 0.863. The van der Waals surface area contributed by atoms with E-state index in [2.05, 4.69) is 33.9 Å². The van der Waals surface area contributed by atoms with Crippen molar-refractivity contribution in [3.8, 4) is 0 Å². The number of nitrogens with zero attached hydrogens (tertiary/aromatic N) is 2. The summed E-state index contributed by atoms with van der Waals surface area (Å²) in [5, 5.41) is 1.67. The first kappa shape index (κ1) is 21.2. The van der Waals surface area contributed by atoms with Gasteiger partial charge in [0.05, 0.1) is 4.90 Å². The number of hydrogen-bond donors (Lipinski definition) is 0. The lowest BCUT2D eigenvalue weighted by Gasteiger charge is -2.07. The SMILES string of the molecule is C.O=S(=O)([O-])c1ccc2ccccc2c1.c1cc[n+](C[n+]2ccccc2)cc1. The largest absolute Gasteiger partial charge is 0.744 e. The zero-order chi connectivity index (χ0) is 19.1. The third kappa shape index (κ3) is 5.97. The van der Waals surface area contributed by atoms with Crippen molar-refractivity contribution in [2.45, 2.75) is 19.0 Å². The Morgan fingerprint density at radius 3 is 1.68 bits per heavy atom. The molecule has 0 unspecified atom stereocenters. The minimum absolute atomic E-state index is 0. The van der Waals surface area contributed by atoms with Gasteiger partial charge in [0.25, 0.3) is 0 Å². The molecule has 0 saturated heterocycles. The molecule has 6 heteroatoms. The Hall–Kier alpha value is -3.09. The number of fused-ring (bicyclic) bond motifs is 1. The maximum atomic E-state index is 10.7. The molecule has 0 saturated carbocycles. The van der Waals surface area contributed by atoms with Crippen LogP contribution in [-0.4, -0.2) is 13.0 Å². The highest BCUT2D eigenvalue weighted by Gasteiger charge is 2.03. The van der Waals surface area contributed by atoms with E-state index in [9.17, 15) is 13.0 Å². The van der Waals surface area contributed by atoms with Gasteiger partial charge in [0, 0.05) is 24.3 Å². The molecule has 0 bridgehead atoms. The highest BCUT2D eigenvalue weighted by Crippen LogP contribution is 2.18. The first-order valence-electron chi connectivity index (χ1n) is 8.35. The molecule has 0 radical (unpaired) electrons. The molecule has 28 heavy (non-hydrogen) atoms. The predicted octanol–water partition coefficient (Wildman–Crippen LogP) is 3.15. The number of aromatic nitrogens is 2. The van der Waals surface area contributed by atoms with Gasteiger partial charge in [-0.1, -0.05) is 49.9 Å².